The Bertz CT molecular complexity index is 1130. The molecule has 0 aromatic heterocycles. The molecule has 3 aromatic carbocycles. The summed E-state index contributed by atoms with van der Waals surface area (Å²) in [5.41, 5.74) is 3.59. The zero-order chi connectivity index (χ0) is 22.5. The van der Waals surface area contributed by atoms with Gasteiger partial charge in [0.2, 0.25) is 0 Å². The average Bonchev–Trinajstić information content (AvgIpc) is 2.81. The number of halogens is 1. The molecule has 2 N–H and O–H groups in total. The number of nitrogens with one attached hydrogen (secondary N) is 2. The summed E-state index contributed by atoms with van der Waals surface area (Å²) in [7, 11) is 0. The largest absolute Gasteiger partial charge is 0.370 e. The molecule has 1 fully saturated rings. The third-order valence-corrected chi connectivity index (χ3v) is 5.69. The summed E-state index contributed by atoms with van der Waals surface area (Å²) < 4.78 is 14.0. The molecule has 5 nitrogen and oxygen atoms in total. The minimum Gasteiger partial charge on any atom is -0.370 e. The van der Waals surface area contributed by atoms with Crippen molar-refractivity contribution < 1.29 is 14.0 Å². The lowest BCUT2D eigenvalue weighted by molar-refractivity contribution is 0.101. The Balaban J connectivity index is 1.55. The van der Waals surface area contributed by atoms with Crippen LogP contribution in [0.2, 0.25) is 0 Å². The number of benzene rings is 3. The maximum absolute atomic E-state index is 14.0. The van der Waals surface area contributed by atoms with E-state index in [0.717, 1.165) is 37.2 Å². The summed E-state index contributed by atoms with van der Waals surface area (Å²) in [5, 5.41) is 5.73. The molecule has 1 aliphatic rings. The fraction of sp³-hybridized carbons (Fsp3) is 0.231. The minimum atomic E-state index is -0.402. The van der Waals surface area contributed by atoms with Crippen LogP contribution < -0.4 is 15.5 Å². The van der Waals surface area contributed by atoms with Gasteiger partial charge in [-0.25, -0.2) is 4.39 Å². The van der Waals surface area contributed by atoms with Crippen LogP contribution in [0, 0.1) is 12.7 Å². The standard InChI is InChI=1S/C26H26FN3O2/c1-18-10-11-20(16-22(18)28-25(31)19-8-4-2-5-9-19)26(32)29-23-17-21(27)12-13-24(23)30-14-6-3-7-15-30/h2,4-5,8-13,16-17H,3,6-7,14-15H2,1H3,(H,28,31)(H,29,32). The van der Waals surface area contributed by atoms with E-state index in [4.69, 9.17) is 0 Å². The van der Waals surface area contributed by atoms with Gasteiger partial charge in [0.25, 0.3) is 11.8 Å². The van der Waals surface area contributed by atoms with Crippen LogP contribution in [0.25, 0.3) is 0 Å². The highest BCUT2D eigenvalue weighted by atomic mass is 19.1. The van der Waals surface area contributed by atoms with Crippen molar-refractivity contribution in [3.63, 3.8) is 0 Å². The van der Waals surface area contributed by atoms with E-state index in [0.29, 0.717) is 22.5 Å². The molecular formula is C26H26FN3O2. The lowest BCUT2D eigenvalue weighted by Crippen LogP contribution is -2.30. The highest BCUT2D eigenvalue weighted by Crippen LogP contribution is 2.30. The van der Waals surface area contributed by atoms with Gasteiger partial charge in [0.1, 0.15) is 5.82 Å². The zero-order valence-electron chi connectivity index (χ0n) is 18.0. The van der Waals surface area contributed by atoms with Crippen LogP contribution in [0.3, 0.4) is 0 Å². The topological polar surface area (TPSA) is 61.4 Å². The van der Waals surface area contributed by atoms with Gasteiger partial charge in [-0.2, -0.15) is 0 Å². The maximum atomic E-state index is 14.0. The molecule has 1 heterocycles. The van der Waals surface area contributed by atoms with E-state index in [9.17, 15) is 14.0 Å². The van der Waals surface area contributed by atoms with Gasteiger partial charge in [-0.05, 0) is 74.2 Å². The van der Waals surface area contributed by atoms with Gasteiger partial charge in [0, 0.05) is 29.9 Å². The predicted octanol–water partition coefficient (Wildman–Crippen LogP) is 5.63. The third-order valence-electron chi connectivity index (χ3n) is 5.69. The molecule has 3 aromatic rings. The lowest BCUT2D eigenvalue weighted by Gasteiger charge is -2.30. The number of hydrogen-bond donors (Lipinski definition) is 2. The summed E-state index contributed by atoms with van der Waals surface area (Å²) in [6.07, 6.45) is 3.33. The summed E-state index contributed by atoms with van der Waals surface area (Å²) >= 11 is 0. The van der Waals surface area contributed by atoms with E-state index in [1.54, 1.807) is 48.5 Å². The van der Waals surface area contributed by atoms with Crippen LogP contribution >= 0.6 is 0 Å². The van der Waals surface area contributed by atoms with Crippen LogP contribution in [-0.2, 0) is 0 Å². The van der Waals surface area contributed by atoms with Crippen molar-refractivity contribution in [3.8, 4) is 0 Å². The van der Waals surface area contributed by atoms with Crippen LogP contribution in [0.5, 0.6) is 0 Å². The van der Waals surface area contributed by atoms with Crippen LogP contribution in [0.15, 0.2) is 66.7 Å². The van der Waals surface area contributed by atoms with E-state index in [2.05, 4.69) is 15.5 Å². The normalized spacial score (nSPS) is 13.5. The molecule has 0 radical (unpaired) electrons. The van der Waals surface area contributed by atoms with E-state index in [-0.39, 0.29) is 11.8 Å². The van der Waals surface area contributed by atoms with Crippen molar-refractivity contribution in [3.05, 3.63) is 89.2 Å². The molecule has 0 unspecified atom stereocenters. The smallest absolute Gasteiger partial charge is 0.255 e. The fourth-order valence-electron chi connectivity index (χ4n) is 3.90. The zero-order valence-corrected chi connectivity index (χ0v) is 18.0. The molecule has 4 rings (SSSR count). The average molecular weight is 432 g/mol. The van der Waals surface area contributed by atoms with Crippen molar-refractivity contribution >= 4 is 28.9 Å². The molecule has 1 saturated heterocycles. The number of carbonyl (C=O) groups excluding carboxylic acids is 2. The Kier molecular flexibility index (Phi) is 6.50. The first-order valence-corrected chi connectivity index (χ1v) is 10.8. The summed E-state index contributed by atoms with van der Waals surface area (Å²) in [5.74, 6) is -1.01. The number of anilines is 3. The van der Waals surface area contributed by atoms with Crippen LogP contribution in [0.1, 0.15) is 45.5 Å². The van der Waals surface area contributed by atoms with Crippen LogP contribution in [0.4, 0.5) is 21.5 Å². The highest BCUT2D eigenvalue weighted by Gasteiger charge is 2.18. The number of aryl methyl sites for hydroxylation is 1. The van der Waals surface area contributed by atoms with Gasteiger partial charge in [-0.3, -0.25) is 9.59 Å². The van der Waals surface area contributed by atoms with Crippen molar-refractivity contribution in [2.75, 3.05) is 28.6 Å². The van der Waals surface area contributed by atoms with Gasteiger partial charge in [0.05, 0.1) is 11.4 Å². The van der Waals surface area contributed by atoms with E-state index >= 15 is 0 Å². The molecular weight excluding hydrogens is 405 g/mol. The summed E-state index contributed by atoms with van der Waals surface area (Å²) in [6.45, 7) is 3.63. The van der Waals surface area contributed by atoms with Crippen molar-refractivity contribution in [1.29, 1.82) is 0 Å². The van der Waals surface area contributed by atoms with Gasteiger partial charge in [-0.15, -0.1) is 0 Å². The van der Waals surface area contributed by atoms with E-state index < -0.39 is 5.82 Å². The maximum Gasteiger partial charge on any atom is 0.255 e. The minimum absolute atomic E-state index is 0.247. The number of nitrogens with zero attached hydrogens (tertiary/aromatic N) is 1. The Labute approximate surface area is 187 Å². The molecule has 32 heavy (non-hydrogen) atoms. The monoisotopic (exact) mass is 431 g/mol. The Morgan fingerprint density at radius 1 is 0.781 bits per heavy atom. The van der Waals surface area contributed by atoms with E-state index in [1.807, 2.05) is 13.0 Å². The molecule has 0 spiro atoms. The molecule has 0 bridgehead atoms. The van der Waals surface area contributed by atoms with Gasteiger partial charge in [-0.1, -0.05) is 24.3 Å². The number of piperidine rings is 1. The second-order valence-corrected chi connectivity index (χ2v) is 8.01. The van der Waals surface area contributed by atoms with Crippen molar-refractivity contribution in [1.82, 2.24) is 0 Å². The number of hydrogen-bond acceptors (Lipinski definition) is 3. The molecule has 0 atom stereocenters. The van der Waals surface area contributed by atoms with Crippen LogP contribution in [-0.4, -0.2) is 24.9 Å². The molecule has 6 heteroatoms. The molecule has 164 valence electrons. The van der Waals surface area contributed by atoms with Crippen molar-refractivity contribution in [2.45, 2.75) is 26.2 Å². The lowest BCUT2D eigenvalue weighted by atomic mass is 10.1. The fourth-order valence-corrected chi connectivity index (χ4v) is 3.90. The van der Waals surface area contributed by atoms with E-state index in [1.165, 1.54) is 18.6 Å². The SMILES string of the molecule is Cc1ccc(C(=O)Nc2cc(F)ccc2N2CCCCC2)cc1NC(=O)c1ccccc1. The Hall–Kier alpha value is -3.67. The Morgan fingerprint density at radius 2 is 1.47 bits per heavy atom. The Morgan fingerprint density at radius 3 is 2.22 bits per heavy atom. The van der Waals surface area contributed by atoms with Gasteiger partial charge < -0.3 is 15.5 Å². The van der Waals surface area contributed by atoms with Gasteiger partial charge >= 0.3 is 0 Å². The highest BCUT2D eigenvalue weighted by molar-refractivity contribution is 6.08. The number of amides is 2. The first-order chi connectivity index (χ1) is 15.5. The number of carbonyl (C=O) groups is 2. The van der Waals surface area contributed by atoms with Crippen molar-refractivity contribution in [2.24, 2.45) is 0 Å². The summed E-state index contributed by atoms with van der Waals surface area (Å²) in [6, 6.07) is 18.5. The molecule has 2 amide bonds. The first-order valence-electron chi connectivity index (χ1n) is 10.8. The molecule has 0 saturated carbocycles. The van der Waals surface area contributed by atoms with Gasteiger partial charge in [0.15, 0.2) is 0 Å². The predicted molar refractivity (Wildman–Crippen MR) is 126 cm³/mol. The second kappa shape index (κ2) is 9.64. The first kappa shape index (κ1) is 21.6. The molecule has 0 aliphatic carbocycles. The quantitative estimate of drug-likeness (QED) is 0.550. The third kappa shape index (κ3) is 4.97. The molecule has 1 aliphatic heterocycles. The number of rotatable bonds is 5. The summed E-state index contributed by atoms with van der Waals surface area (Å²) in [4.78, 5) is 27.7. The second-order valence-electron chi connectivity index (χ2n) is 8.01.